The molecule has 0 spiro atoms. The summed E-state index contributed by atoms with van der Waals surface area (Å²) in [6, 6.07) is 16.7. The van der Waals surface area contributed by atoms with Gasteiger partial charge in [-0.2, -0.15) is 4.31 Å². The second kappa shape index (κ2) is 11.2. The van der Waals surface area contributed by atoms with E-state index in [0.717, 1.165) is 0 Å². The van der Waals surface area contributed by atoms with Crippen LogP contribution in [0.25, 0.3) is 22.0 Å². The number of primary amides is 1. The molecule has 0 bridgehead atoms. The average molecular weight is 610 g/mol. The van der Waals surface area contributed by atoms with Gasteiger partial charge in [0.2, 0.25) is 10.0 Å². The second-order valence-electron chi connectivity index (χ2n) is 9.12. The number of aromatic amines is 1. The Morgan fingerprint density at radius 1 is 1.12 bits per heavy atom. The van der Waals surface area contributed by atoms with Gasteiger partial charge < -0.3 is 24.9 Å². The number of rotatable bonds is 8. The van der Waals surface area contributed by atoms with Gasteiger partial charge in [0, 0.05) is 34.6 Å². The molecular weight excluding hydrogens is 587 g/mol. The molecule has 4 aromatic rings. The molecule has 1 aliphatic rings. The Morgan fingerprint density at radius 2 is 1.85 bits per heavy atom. The van der Waals surface area contributed by atoms with Crippen molar-refractivity contribution < 1.29 is 40.6 Å². The molecular formula is C27H23ClF3N3O6S. The van der Waals surface area contributed by atoms with Crippen molar-refractivity contribution in [2.24, 2.45) is 5.73 Å². The predicted molar refractivity (Wildman–Crippen MR) is 144 cm³/mol. The molecule has 3 aromatic carbocycles. The summed E-state index contributed by atoms with van der Waals surface area (Å²) in [7, 11) is -4.19. The maximum Gasteiger partial charge on any atom is 0.573 e. The highest BCUT2D eigenvalue weighted by atomic mass is 35.5. The lowest BCUT2D eigenvalue weighted by Gasteiger charge is -2.32. The minimum Gasteiger partial charge on any atom is -0.491 e. The highest BCUT2D eigenvalue weighted by molar-refractivity contribution is 7.89. The molecule has 0 aliphatic carbocycles. The Bertz CT molecular complexity index is 1690. The van der Waals surface area contributed by atoms with E-state index in [1.165, 1.54) is 28.6 Å². The quantitative estimate of drug-likeness (QED) is 0.291. The first kappa shape index (κ1) is 28.7. The topological polar surface area (TPSA) is 124 Å². The smallest absolute Gasteiger partial charge is 0.491 e. The molecule has 1 atom stereocenters. The van der Waals surface area contributed by atoms with E-state index >= 15 is 0 Å². The number of nitrogens with two attached hydrogens (primary N) is 1. The molecule has 41 heavy (non-hydrogen) atoms. The molecule has 5 rings (SSSR count). The third kappa shape index (κ3) is 6.27. The second-order valence-corrected chi connectivity index (χ2v) is 11.4. The number of para-hydroxylation sites is 1. The molecule has 1 fully saturated rings. The molecule has 2 heterocycles. The van der Waals surface area contributed by atoms with Crippen molar-refractivity contribution in [1.82, 2.24) is 9.29 Å². The number of benzene rings is 3. The number of carbonyl (C=O) groups is 1. The Hall–Kier alpha value is -3.78. The maximum atomic E-state index is 13.7. The minimum absolute atomic E-state index is 0.0124. The summed E-state index contributed by atoms with van der Waals surface area (Å²) in [6.07, 6.45) is -5.48. The van der Waals surface area contributed by atoms with Crippen LogP contribution in [0.4, 0.5) is 13.2 Å². The number of amides is 1. The number of morpholine rings is 1. The monoisotopic (exact) mass is 609 g/mol. The first-order chi connectivity index (χ1) is 19.4. The van der Waals surface area contributed by atoms with Crippen molar-refractivity contribution in [3.8, 4) is 22.6 Å². The van der Waals surface area contributed by atoms with Crippen molar-refractivity contribution in [3.05, 3.63) is 77.4 Å². The lowest BCUT2D eigenvalue weighted by Crippen LogP contribution is -2.47. The fraction of sp³-hybridized carbons (Fsp3) is 0.222. The first-order valence-corrected chi connectivity index (χ1v) is 14.0. The van der Waals surface area contributed by atoms with Gasteiger partial charge in [-0.15, -0.1) is 13.2 Å². The standard InChI is InChI=1S/C27H23ClF3N3O6S/c28-17-7-10-22-21(13-17)25(24(33-22)26(32)35)41(36,37)34-11-12-38-19(14-34)15-39-18-8-5-16(6-9-18)20-3-1-2-4-23(20)40-27(29,30)31/h1-10,13,19,33H,11-12,14-15H2,(H2,32,35). The Kier molecular flexibility index (Phi) is 7.88. The summed E-state index contributed by atoms with van der Waals surface area (Å²) < 4.78 is 82.5. The number of nitrogens with one attached hydrogen (secondary N) is 1. The van der Waals surface area contributed by atoms with Crippen LogP contribution in [-0.2, 0) is 14.8 Å². The van der Waals surface area contributed by atoms with Gasteiger partial charge in [-0.1, -0.05) is 41.9 Å². The van der Waals surface area contributed by atoms with Crippen LogP contribution in [0.3, 0.4) is 0 Å². The highest BCUT2D eigenvalue weighted by Gasteiger charge is 2.36. The van der Waals surface area contributed by atoms with Gasteiger partial charge in [-0.3, -0.25) is 4.79 Å². The van der Waals surface area contributed by atoms with E-state index in [-0.39, 0.29) is 53.6 Å². The zero-order chi connectivity index (χ0) is 29.4. The molecule has 0 radical (unpaired) electrons. The molecule has 1 aliphatic heterocycles. The van der Waals surface area contributed by atoms with Crippen LogP contribution in [0.5, 0.6) is 11.5 Å². The number of carbonyl (C=O) groups excluding carboxylic acids is 1. The lowest BCUT2D eigenvalue weighted by atomic mass is 10.0. The van der Waals surface area contributed by atoms with Gasteiger partial charge in [-0.25, -0.2) is 8.42 Å². The van der Waals surface area contributed by atoms with Crippen molar-refractivity contribution >= 4 is 38.4 Å². The van der Waals surface area contributed by atoms with E-state index in [2.05, 4.69) is 9.72 Å². The number of alkyl halides is 3. The summed E-state index contributed by atoms with van der Waals surface area (Å²) in [5.41, 5.74) is 6.36. The Morgan fingerprint density at radius 3 is 2.56 bits per heavy atom. The zero-order valence-corrected chi connectivity index (χ0v) is 22.7. The minimum atomic E-state index is -4.83. The molecule has 1 amide bonds. The van der Waals surface area contributed by atoms with Gasteiger partial charge in [0.15, 0.2) is 0 Å². The number of hydrogen-bond acceptors (Lipinski definition) is 6. The fourth-order valence-corrected chi connectivity index (χ4v) is 6.52. The van der Waals surface area contributed by atoms with Crippen LogP contribution in [0.1, 0.15) is 10.5 Å². The number of nitrogens with zero attached hydrogens (tertiary/aromatic N) is 1. The van der Waals surface area contributed by atoms with Crippen LogP contribution in [0.15, 0.2) is 71.6 Å². The van der Waals surface area contributed by atoms with Crippen molar-refractivity contribution in [2.45, 2.75) is 17.4 Å². The normalized spacial score (nSPS) is 16.5. The third-order valence-electron chi connectivity index (χ3n) is 6.37. The average Bonchev–Trinajstić information content (AvgIpc) is 3.32. The molecule has 14 heteroatoms. The number of fused-ring (bicyclic) bond motifs is 1. The van der Waals surface area contributed by atoms with E-state index < -0.39 is 28.4 Å². The number of hydrogen-bond donors (Lipinski definition) is 2. The van der Waals surface area contributed by atoms with Gasteiger partial charge in [-0.05, 0) is 42.0 Å². The van der Waals surface area contributed by atoms with Crippen LogP contribution in [0, 0.1) is 0 Å². The Labute approximate surface area is 237 Å². The van der Waals surface area contributed by atoms with E-state index in [9.17, 15) is 26.4 Å². The highest BCUT2D eigenvalue weighted by Crippen LogP contribution is 2.35. The van der Waals surface area contributed by atoms with Crippen LogP contribution in [-0.4, -0.2) is 62.4 Å². The molecule has 1 aromatic heterocycles. The maximum absolute atomic E-state index is 13.7. The summed E-state index contributed by atoms with van der Waals surface area (Å²) >= 11 is 6.09. The lowest BCUT2D eigenvalue weighted by molar-refractivity contribution is -0.274. The van der Waals surface area contributed by atoms with Crippen LogP contribution in [0.2, 0.25) is 5.02 Å². The molecule has 1 unspecified atom stereocenters. The molecule has 1 saturated heterocycles. The number of H-pyrrole nitrogens is 1. The van der Waals surface area contributed by atoms with Gasteiger partial charge >= 0.3 is 6.36 Å². The van der Waals surface area contributed by atoms with E-state index in [1.54, 1.807) is 42.5 Å². The Balaban J connectivity index is 1.29. The predicted octanol–water partition coefficient (Wildman–Crippen LogP) is 4.95. The number of aromatic nitrogens is 1. The SMILES string of the molecule is NC(=O)c1[nH]c2ccc(Cl)cc2c1S(=O)(=O)N1CCOC(COc2ccc(-c3ccccc3OC(F)(F)F)cc2)C1. The van der Waals surface area contributed by atoms with Crippen molar-refractivity contribution in [3.63, 3.8) is 0 Å². The summed E-state index contributed by atoms with van der Waals surface area (Å²) in [4.78, 5) is 14.6. The summed E-state index contributed by atoms with van der Waals surface area (Å²) in [5, 5.41) is 0.535. The number of ether oxygens (including phenoxy) is 3. The van der Waals surface area contributed by atoms with Gasteiger partial charge in [0.05, 0.1) is 6.61 Å². The third-order valence-corrected chi connectivity index (χ3v) is 8.56. The van der Waals surface area contributed by atoms with Crippen molar-refractivity contribution in [2.75, 3.05) is 26.3 Å². The molecule has 216 valence electrons. The summed E-state index contributed by atoms with van der Waals surface area (Å²) in [6.45, 7) is 0.0467. The number of halogens is 4. The van der Waals surface area contributed by atoms with Crippen LogP contribution < -0.4 is 15.2 Å². The fourth-order valence-electron chi connectivity index (χ4n) is 4.56. The summed E-state index contributed by atoms with van der Waals surface area (Å²) in [5.74, 6) is -0.864. The number of sulfonamides is 1. The zero-order valence-electron chi connectivity index (χ0n) is 21.2. The van der Waals surface area contributed by atoms with Gasteiger partial charge in [0.25, 0.3) is 5.91 Å². The van der Waals surface area contributed by atoms with E-state index in [4.69, 9.17) is 26.8 Å². The molecule has 3 N–H and O–H groups in total. The largest absolute Gasteiger partial charge is 0.573 e. The molecule has 0 saturated carbocycles. The molecule has 9 nitrogen and oxygen atoms in total. The first-order valence-electron chi connectivity index (χ1n) is 12.2. The van der Waals surface area contributed by atoms with Crippen molar-refractivity contribution in [1.29, 1.82) is 0 Å². The van der Waals surface area contributed by atoms with E-state index in [0.29, 0.717) is 21.9 Å². The van der Waals surface area contributed by atoms with E-state index in [1.807, 2.05) is 0 Å². The van der Waals surface area contributed by atoms with Crippen LogP contribution >= 0.6 is 11.6 Å². The van der Waals surface area contributed by atoms with Gasteiger partial charge in [0.1, 0.15) is 34.8 Å².